The summed E-state index contributed by atoms with van der Waals surface area (Å²) in [6.45, 7) is 3.94. The molecule has 0 amide bonds. The third-order valence-electron chi connectivity index (χ3n) is 1.39. The second-order valence-corrected chi connectivity index (χ2v) is 2.34. The molecule has 8 heavy (non-hydrogen) atoms. The van der Waals surface area contributed by atoms with E-state index in [0.717, 1.165) is 0 Å². The van der Waals surface area contributed by atoms with Gasteiger partial charge in [-0.2, -0.15) is 0 Å². The summed E-state index contributed by atoms with van der Waals surface area (Å²) >= 11 is 0. The van der Waals surface area contributed by atoms with Gasteiger partial charge in [0.1, 0.15) is 0 Å². The summed E-state index contributed by atoms with van der Waals surface area (Å²) in [5.41, 5.74) is 0. The molecule has 0 heterocycles. The standard InChI is InChI=1S/C5H11B2N/c1-4(2)5(6,7)8-3/h4,8H,1-3H3. The Bertz CT molecular complexity index is 70.8. The Morgan fingerprint density at radius 2 is 1.75 bits per heavy atom. The van der Waals surface area contributed by atoms with E-state index in [1.54, 1.807) is 7.05 Å². The molecule has 0 aromatic rings. The maximum absolute atomic E-state index is 5.53. The highest BCUT2D eigenvalue weighted by atomic mass is 14.9. The molecule has 0 aliphatic carbocycles. The fourth-order valence-corrected chi connectivity index (χ4v) is 0.289. The van der Waals surface area contributed by atoms with Crippen molar-refractivity contribution in [3.05, 3.63) is 0 Å². The lowest BCUT2D eigenvalue weighted by Crippen LogP contribution is -2.48. The van der Waals surface area contributed by atoms with Gasteiger partial charge in [0.05, 0.1) is 15.7 Å². The van der Waals surface area contributed by atoms with Crippen molar-refractivity contribution in [2.75, 3.05) is 7.05 Å². The van der Waals surface area contributed by atoms with Crippen LogP contribution in [0.1, 0.15) is 13.8 Å². The van der Waals surface area contributed by atoms with Gasteiger partial charge in [-0.05, 0) is 13.0 Å². The molecule has 0 saturated heterocycles. The smallest absolute Gasteiger partial charge is 0.0824 e. The minimum Gasteiger partial charge on any atom is -0.331 e. The van der Waals surface area contributed by atoms with Crippen molar-refractivity contribution in [2.24, 2.45) is 5.92 Å². The highest BCUT2D eigenvalue weighted by molar-refractivity contribution is 6.40. The normalized spacial score (nSPS) is 12.5. The first-order valence-corrected chi connectivity index (χ1v) is 2.77. The second kappa shape index (κ2) is 2.58. The average molecular weight is 107 g/mol. The molecule has 0 fully saturated rings. The van der Waals surface area contributed by atoms with E-state index >= 15 is 0 Å². The minimum atomic E-state index is -0.708. The molecule has 0 rings (SSSR count). The van der Waals surface area contributed by atoms with Crippen molar-refractivity contribution in [3.63, 3.8) is 0 Å². The van der Waals surface area contributed by atoms with Crippen LogP contribution in [0.15, 0.2) is 0 Å². The van der Waals surface area contributed by atoms with Crippen molar-refractivity contribution in [2.45, 2.75) is 19.2 Å². The zero-order valence-corrected chi connectivity index (χ0v) is 5.73. The lowest BCUT2D eigenvalue weighted by molar-refractivity contribution is 0.492. The van der Waals surface area contributed by atoms with Gasteiger partial charge in [0.15, 0.2) is 0 Å². The van der Waals surface area contributed by atoms with Crippen LogP contribution in [0.2, 0.25) is 0 Å². The lowest BCUT2D eigenvalue weighted by atomic mass is 9.56. The molecule has 0 saturated carbocycles. The summed E-state index contributed by atoms with van der Waals surface area (Å²) in [4.78, 5) is 0. The Morgan fingerprint density at radius 3 is 1.75 bits per heavy atom. The van der Waals surface area contributed by atoms with Gasteiger partial charge in [-0.1, -0.05) is 19.2 Å². The first-order valence-electron chi connectivity index (χ1n) is 2.77. The highest BCUT2D eigenvalue weighted by Gasteiger charge is 2.17. The molecule has 0 aromatic heterocycles. The highest BCUT2D eigenvalue weighted by Crippen LogP contribution is 2.05. The fourth-order valence-electron chi connectivity index (χ4n) is 0.289. The largest absolute Gasteiger partial charge is 0.331 e. The molecule has 0 bridgehead atoms. The van der Waals surface area contributed by atoms with Gasteiger partial charge in [-0.3, -0.25) is 0 Å². The predicted molar refractivity (Wildman–Crippen MR) is 38.1 cm³/mol. The molecule has 4 radical (unpaired) electrons. The number of nitrogens with one attached hydrogen (secondary N) is 1. The first-order chi connectivity index (χ1) is 3.50. The summed E-state index contributed by atoms with van der Waals surface area (Å²) in [7, 11) is 12.8. The SMILES string of the molecule is [B]C([B])(NC)C(C)C. The second-order valence-electron chi connectivity index (χ2n) is 2.34. The Kier molecular flexibility index (Phi) is 2.61. The van der Waals surface area contributed by atoms with E-state index < -0.39 is 5.34 Å². The predicted octanol–water partition coefficient (Wildman–Crippen LogP) is -0.147. The van der Waals surface area contributed by atoms with E-state index in [4.69, 9.17) is 15.7 Å². The third kappa shape index (κ3) is 1.91. The van der Waals surface area contributed by atoms with Crippen molar-refractivity contribution < 1.29 is 0 Å². The van der Waals surface area contributed by atoms with Crippen molar-refractivity contribution in [1.29, 1.82) is 0 Å². The molecule has 0 aliphatic heterocycles. The van der Waals surface area contributed by atoms with Crippen molar-refractivity contribution >= 4 is 15.7 Å². The van der Waals surface area contributed by atoms with Crippen LogP contribution in [0, 0.1) is 5.92 Å². The first kappa shape index (κ1) is 8.09. The van der Waals surface area contributed by atoms with Gasteiger partial charge in [-0.25, -0.2) is 0 Å². The van der Waals surface area contributed by atoms with E-state index in [1.807, 2.05) is 13.8 Å². The Balaban J connectivity index is 3.71. The summed E-state index contributed by atoms with van der Waals surface area (Å²) in [5.74, 6) is 0.257. The van der Waals surface area contributed by atoms with Gasteiger partial charge < -0.3 is 5.32 Å². The van der Waals surface area contributed by atoms with Crippen LogP contribution in [0.4, 0.5) is 0 Å². The third-order valence-corrected chi connectivity index (χ3v) is 1.39. The zero-order valence-electron chi connectivity index (χ0n) is 5.73. The van der Waals surface area contributed by atoms with E-state index in [0.29, 0.717) is 0 Å². The van der Waals surface area contributed by atoms with E-state index in [1.165, 1.54) is 0 Å². The Morgan fingerprint density at radius 1 is 1.38 bits per heavy atom. The van der Waals surface area contributed by atoms with Crippen LogP contribution < -0.4 is 5.32 Å². The summed E-state index contributed by atoms with van der Waals surface area (Å²) in [6.07, 6.45) is 0. The van der Waals surface area contributed by atoms with Gasteiger partial charge in [-0.15, -0.1) is 0 Å². The van der Waals surface area contributed by atoms with E-state index in [-0.39, 0.29) is 5.92 Å². The quantitative estimate of drug-likeness (QED) is 0.483. The van der Waals surface area contributed by atoms with E-state index in [2.05, 4.69) is 5.32 Å². The lowest BCUT2D eigenvalue weighted by Gasteiger charge is -2.29. The summed E-state index contributed by atoms with van der Waals surface area (Å²) < 4.78 is 0. The van der Waals surface area contributed by atoms with Gasteiger partial charge >= 0.3 is 0 Å². The summed E-state index contributed by atoms with van der Waals surface area (Å²) in [5, 5.41) is 2.09. The molecular formula is C5H11B2N. The van der Waals surface area contributed by atoms with Gasteiger partial charge in [0, 0.05) is 0 Å². The number of rotatable bonds is 2. The monoisotopic (exact) mass is 107 g/mol. The molecule has 0 spiro atoms. The van der Waals surface area contributed by atoms with Crippen LogP contribution in [0.5, 0.6) is 0 Å². The fraction of sp³-hybridized carbons (Fsp3) is 1.00. The van der Waals surface area contributed by atoms with Crippen molar-refractivity contribution in [3.8, 4) is 0 Å². The molecule has 0 atom stereocenters. The molecule has 1 N–H and O–H groups in total. The van der Waals surface area contributed by atoms with Crippen LogP contribution in [-0.2, 0) is 0 Å². The van der Waals surface area contributed by atoms with Gasteiger partial charge in [0.2, 0.25) is 0 Å². The Labute approximate surface area is 54.1 Å². The van der Waals surface area contributed by atoms with Crippen molar-refractivity contribution in [1.82, 2.24) is 5.32 Å². The summed E-state index contributed by atoms with van der Waals surface area (Å²) in [6, 6.07) is 0. The topological polar surface area (TPSA) is 12.0 Å². The molecule has 3 heteroatoms. The number of hydrogen-bond acceptors (Lipinski definition) is 1. The van der Waals surface area contributed by atoms with Gasteiger partial charge in [0.25, 0.3) is 0 Å². The maximum atomic E-state index is 5.53. The average Bonchev–Trinajstić information content (AvgIpc) is 1.67. The molecule has 0 aliphatic rings. The Hall–Kier alpha value is 0.0899. The zero-order chi connectivity index (χ0) is 6.78. The molecular weight excluding hydrogens is 95.7 g/mol. The van der Waals surface area contributed by atoms with Crippen LogP contribution >= 0.6 is 0 Å². The molecule has 42 valence electrons. The number of hydrogen-bond donors (Lipinski definition) is 1. The van der Waals surface area contributed by atoms with Crippen LogP contribution in [0.3, 0.4) is 0 Å². The van der Waals surface area contributed by atoms with E-state index in [9.17, 15) is 0 Å². The molecule has 0 aromatic carbocycles. The van der Waals surface area contributed by atoms with Crippen LogP contribution in [-0.4, -0.2) is 28.1 Å². The molecule has 1 nitrogen and oxygen atoms in total. The minimum absolute atomic E-state index is 0.257. The maximum Gasteiger partial charge on any atom is 0.0824 e. The molecule has 0 unspecified atom stereocenters. The van der Waals surface area contributed by atoms with Crippen LogP contribution in [0.25, 0.3) is 0 Å².